The average molecular weight is 256 g/mol. The zero-order valence-electron chi connectivity index (χ0n) is 11.5. The lowest BCUT2D eigenvalue weighted by atomic mass is 9.98. The lowest BCUT2D eigenvalue weighted by Gasteiger charge is -2.17. The number of rotatable bonds is 6. The summed E-state index contributed by atoms with van der Waals surface area (Å²) in [6.45, 7) is 0.763. The van der Waals surface area contributed by atoms with E-state index in [9.17, 15) is 0 Å². The van der Waals surface area contributed by atoms with Gasteiger partial charge in [-0.05, 0) is 42.3 Å². The van der Waals surface area contributed by atoms with E-state index < -0.39 is 0 Å². The highest BCUT2D eigenvalue weighted by Gasteiger charge is 2.11. The van der Waals surface area contributed by atoms with Crippen LogP contribution < -0.4 is 5.32 Å². The first-order chi connectivity index (χ1) is 9.35. The molecule has 2 aromatic rings. The molecule has 0 amide bonds. The molecule has 0 radical (unpaired) electrons. The second kappa shape index (κ2) is 7.02. The predicted octanol–water partition coefficient (Wildman–Crippen LogP) is 2.58. The highest BCUT2D eigenvalue weighted by Crippen LogP contribution is 2.21. The molecule has 1 N–H and O–H groups in total. The number of hydrogen-bond acceptors (Lipinski definition) is 3. The van der Waals surface area contributed by atoms with Gasteiger partial charge in [0.2, 0.25) is 0 Å². The molecule has 0 aliphatic rings. The van der Waals surface area contributed by atoms with Crippen LogP contribution in [-0.4, -0.2) is 25.7 Å². The topological polar surface area (TPSA) is 34.2 Å². The average Bonchev–Trinajstić information content (AvgIpc) is 2.48. The minimum absolute atomic E-state index is 0.208. The first kappa shape index (κ1) is 13.7. The Bertz CT molecular complexity index is 482. The lowest BCUT2D eigenvalue weighted by molar-refractivity contribution is 0.202. The molecule has 3 nitrogen and oxygen atoms in total. The van der Waals surface area contributed by atoms with Gasteiger partial charge in [-0.2, -0.15) is 0 Å². The van der Waals surface area contributed by atoms with Crippen molar-refractivity contribution in [1.29, 1.82) is 0 Å². The van der Waals surface area contributed by atoms with Crippen molar-refractivity contribution in [2.24, 2.45) is 0 Å². The van der Waals surface area contributed by atoms with Crippen molar-refractivity contribution in [3.63, 3.8) is 0 Å². The van der Waals surface area contributed by atoms with Crippen LogP contribution in [0.25, 0.3) is 0 Å². The van der Waals surface area contributed by atoms with E-state index >= 15 is 0 Å². The van der Waals surface area contributed by atoms with Crippen molar-refractivity contribution < 1.29 is 4.74 Å². The Morgan fingerprint density at radius 1 is 1.05 bits per heavy atom. The van der Waals surface area contributed by atoms with Crippen LogP contribution in [0, 0.1) is 0 Å². The smallest absolute Gasteiger partial charge is 0.0575 e. The monoisotopic (exact) mass is 256 g/mol. The van der Waals surface area contributed by atoms with Crippen molar-refractivity contribution in [2.45, 2.75) is 12.5 Å². The molecule has 0 fully saturated rings. The number of aromatic nitrogens is 1. The number of ether oxygens (including phenoxy) is 1. The standard InChI is InChI=1S/C16H20N2O/c1-17-16(15-7-10-18-11-8-15)14-5-3-13(4-6-14)9-12-19-2/h3-8,10-11,16-17H,9,12H2,1-2H3. The lowest BCUT2D eigenvalue weighted by Crippen LogP contribution is -2.17. The maximum Gasteiger partial charge on any atom is 0.0575 e. The summed E-state index contributed by atoms with van der Waals surface area (Å²) in [4.78, 5) is 4.06. The highest BCUT2D eigenvalue weighted by molar-refractivity contribution is 5.32. The minimum atomic E-state index is 0.208. The van der Waals surface area contributed by atoms with Gasteiger partial charge in [0.05, 0.1) is 12.6 Å². The van der Waals surface area contributed by atoms with Gasteiger partial charge in [0.25, 0.3) is 0 Å². The summed E-state index contributed by atoms with van der Waals surface area (Å²) in [7, 11) is 3.71. The highest BCUT2D eigenvalue weighted by atomic mass is 16.5. The molecular formula is C16H20N2O. The van der Waals surface area contributed by atoms with E-state index in [2.05, 4.69) is 34.6 Å². The number of nitrogens with one attached hydrogen (secondary N) is 1. The van der Waals surface area contributed by atoms with E-state index in [1.165, 1.54) is 16.7 Å². The molecule has 0 aliphatic heterocycles. The first-order valence-corrected chi connectivity index (χ1v) is 6.50. The van der Waals surface area contributed by atoms with E-state index in [0.29, 0.717) is 0 Å². The molecule has 0 bridgehead atoms. The predicted molar refractivity (Wildman–Crippen MR) is 77.2 cm³/mol. The Labute approximate surface area is 114 Å². The Hall–Kier alpha value is -1.71. The fourth-order valence-electron chi connectivity index (χ4n) is 2.18. The molecule has 19 heavy (non-hydrogen) atoms. The van der Waals surface area contributed by atoms with Crippen LogP contribution in [0.15, 0.2) is 48.8 Å². The van der Waals surface area contributed by atoms with E-state index in [4.69, 9.17) is 4.74 Å². The van der Waals surface area contributed by atoms with Gasteiger partial charge in [-0.25, -0.2) is 0 Å². The summed E-state index contributed by atoms with van der Waals surface area (Å²) in [5, 5.41) is 3.34. The summed E-state index contributed by atoms with van der Waals surface area (Å²) < 4.78 is 5.09. The van der Waals surface area contributed by atoms with E-state index in [-0.39, 0.29) is 6.04 Å². The van der Waals surface area contributed by atoms with Crippen molar-refractivity contribution >= 4 is 0 Å². The van der Waals surface area contributed by atoms with Crippen LogP contribution in [0.3, 0.4) is 0 Å². The third-order valence-electron chi connectivity index (χ3n) is 3.24. The molecule has 1 atom stereocenters. The normalized spacial score (nSPS) is 12.3. The summed E-state index contributed by atoms with van der Waals surface area (Å²) in [5.74, 6) is 0. The quantitative estimate of drug-likeness (QED) is 0.862. The summed E-state index contributed by atoms with van der Waals surface area (Å²) in [6.07, 6.45) is 4.61. The Morgan fingerprint density at radius 3 is 2.26 bits per heavy atom. The number of nitrogens with zero attached hydrogens (tertiary/aromatic N) is 1. The molecule has 0 saturated carbocycles. The molecule has 1 heterocycles. The largest absolute Gasteiger partial charge is 0.384 e. The fourth-order valence-corrected chi connectivity index (χ4v) is 2.18. The Balaban J connectivity index is 2.15. The third-order valence-corrected chi connectivity index (χ3v) is 3.24. The van der Waals surface area contributed by atoms with Crippen LogP contribution in [0.1, 0.15) is 22.7 Å². The number of hydrogen-bond donors (Lipinski definition) is 1. The molecular weight excluding hydrogens is 236 g/mol. The summed E-state index contributed by atoms with van der Waals surface area (Å²) >= 11 is 0. The minimum Gasteiger partial charge on any atom is -0.384 e. The van der Waals surface area contributed by atoms with Crippen LogP contribution >= 0.6 is 0 Å². The van der Waals surface area contributed by atoms with Crippen molar-refractivity contribution in [2.75, 3.05) is 20.8 Å². The van der Waals surface area contributed by atoms with Crippen molar-refractivity contribution in [3.05, 3.63) is 65.5 Å². The summed E-state index contributed by atoms with van der Waals surface area (Å²) in [6, 6.07) is 13.0. The van der Waals surface area contributed by atoms with E-state index in [0.717, 1.165) is 13.0 Å². The van der Waals surface area contributed by atoms with Gasteiger partial charge >= 0.3 is 0 Å². The fraction of sp³-hybridized carbons (Fsp3) is 0.312. The molecule has 3 heteroatoms. The zero-order chi connectivity index (χ0) is 13.5. The molecule has 2 rings (SSSR count). The molecule has 0 spiro atoms. The van der Waals surface area contributed by atoms with Crippen LogP contribution in [0.5, 0.6) is 0 Å². The third kappa shape index (κ3) is 3.63. The van der Waals surface area contributed by atoms with Gasteiger partial charge in [-0.1, -0.05) is 24.3 Å². The summed E-state index contributed by atoms with van der Waals surface area (Å²) in [5.41, 5.74) is 3.78. The van der Waals surface area contributed by atoms with Gasteiger partial charge in [0.1, 0.15) is 0 Å². The van der Waals surface area contributed by atoms with Gasteiger partial charge in [-0.3, -0.25) is 4.98 Å². The van der Waals surface area contributed by atoms with E-state index in [1.807, 2.05) is 31.6 Å². The van der Waals surface area contributed by atoms with Gasteiger partial charge in [0.15, 0.2) is 0 Å². The van der Waals surface area contributed by atoms with Gasteiger partial charge < -0.3 is 10.1 Å². The molecule has 0 aliphatic carbocycles. The second-order valence-electron chi connectivity index (χ2n) is 4.49. The Morgan fingerprint density at radius 2 is 1.68 bits per heavy atom. The number of pyridine rings is 1. The maximum atomic E-state index is 5.09. The second-order valence-corrected chi connectivity index (χ2v) is 4.49. The first-order valence-electron chi connectivity index (χ1n) is 6.50. The number of methoxy groups -OCH3 is 1. The molecule has 1 aromatic heterocycles. The zero-order valence-corrected chi connectivity index (χ0v) is 11.5. The van der Waals surface area contributed by atoms with Crippen LogP contribution in [0.2, 0.25) is 0 Å². The van der Waals surface area contributed by atoms with Gasteiger partial charge in [0, 0.05) is 19.5 Å². The maximum absolute atomic E-state index is 5.09. The SMILES string of the molecule is CNC(c1ccncc1)c1ccc(CCOC)cc1. The van der Waals surface area contributed by atoms with E-state index in [1.54, 1.807) is 7.11 Å². The van der Waals surface area contributed by atoms with Crippen LogP contribution in [-0.2, 0) is 11.2 Å². The molecule has 0 saturated heterocycles. The van der Waals surface area contributed by atoms with Crippen molar-refractivity contribution in [3.8, 4) is 0 Å². The Kier molecular flexibility index (Phi) is 5.07. The van der Waals surface area contributed by atoms with Crippen LogP contribution in [0.4, 0.5) is 0 Å². The van der Waals surface area contributed by atoms with Gasteiger partial charge in [-0.15, -0.1) is 0 Å². The molecule has 100 valence electrons. The van der Waals surface area contributed by atoms with Crippen molar-refractivity contribution in [1.82, 2.24) is 10.3 Å². The molecule has 1 aromatic carbocycles. The number of benzene rings is 1. The molecule has 1 unspecified atom stereocenters.